The summed E-state index contributed by atoms with van der Waals surface area (Å²) < 4.78 is 5.78. The Bertz CT molecular complexity index is 1120. The molecule has 168 valence electrons. The number of carbonyl (C=O) groups is 1. The molecule has 1 aliphatic heterocycles. The predicted octanol–water partition coefficient (Wildman–Crippen LogP) is 4.12. The molecule has 0 aliphatic carbocycles. The van der Waals surface area contributed by atoms with E-state index in [1.54, 1.807) is 4.90 Å². The number of aliphatic hydroxyl groups excluding tert-OH is 1. The van der Waals surface area contributed by atoms with E-state index in [0.717, 1.165) is 35.3 Å². The van der Waals surface area contributed by atoms with Crippen molar-refractivity contribution in [3.63, 3.8) is 0 Å². The Hall–Kier alpha value is -3.32. The second-order valence-electron chi connectivity index (χ2n) is 8.23. The molecule has 1 amide bonds. The Balaban J connectivity index is 1.79. The van der Waals surface area contributed by atoms with Crippen LogP contribution in [-0.2, 0) is 0 Å². The highest BCUT2D eigenvalue weighted by molar-refractivity contribution is 6.00. The van der Waals surface area contributed by atoms with E-state index in [4.69, 9.17) is 4.74 Å². The van der Waals surface area contributed by atoms with Crippen molar-refractivity contribution in [1.82, 2.24) is 15.1 Å². The summed E-state index contributed by atoms with van der Waals surface area (Å²) in [6, 6.07) is 11.0. The lowest BCUT2D eigenvalue weighted by Gasteiger charge is -2.26. The number of carbonyl (C=O) groups excluding carboxylic acids is 1. The third-order valence-corrected chi connectivity index (χ3v) is 5.87. The van der Waals surface area contributed by atoms with Crippen LogP contribution in [0.2, 0.25) is 0 Å². The molecule has 0 saturated carbocycles. The first kappa shape index (κ1) is 21.9. The molecule has 7 nitrogen and oxygen atoms in total. The summed E-state index contributed by atoms with van der Waals surface area (Å²) in [4.78, 5) is 14.8. The van der Waals surface area contributed by atoms with E-state index in [1.807, 2.05) is 50.2 Å². The number of phenolic OH excluding ortho intramolecular Hbond substituents is 1. The number of nitrogens with one attached hydrogen (secondary N) is 1. The molecular weight excluding hydrogens is 406 g/mol. The van der Waals surface area contributed by atoms with E-state index < -0.39 is 6.04 Å². The second kappa shape index (κ2) is 9.04. The van der Waals surface area contributed by atoms with Crippen molar-refractivity contribution in [2.45, 2.75) is 39.7 Å². The molecule has 2 heterocycles. The van der Waals surface area contributed by atoms with Gasteiger partial charge >= 0.3 is 0 Å². The van der Waals surface area contributed by atoms with E-state index in [1.165, 1.54) is 0 Å². The van der Waals surface area contributed by atoms with Gasteiger partial charge in [-0.3, -0.25) is 9.89 Å². The maximum absolute atomic E-state index is 13.1. The van der Waals surface area contributed by atoms with Gasteiger partial charge in [-0.25, -0.2) is 0 Å². The quantitative estimate of drug-likeness (QED) is 0.463. The van der Waals surface area contributed by atoms with Crippen molar-refractivity contribution in [3.05, 3.63) is 64.3 Å². The van der Waals surface area contributed by atoms with Crippen molar-refractivity contribution in [2.75, 3.05) is 19.8 Å². The van der Waals surface area contributed by atoms with Gasteiger partial charge < -0.3 is 19.8 Å². The standard InChI is InChI=1S/C25H29N3O4/c1-4-5-12-32-18-8-6-17(7-9-18)23-20-21(19-14-15(2)13-16(3)24(19)30)26-27-22(20)25(31)28(23)10-11-29/h6-9,13-14,23,29-30H,4-5,10-12H2,1-3H3,(H,26,27). The lowest BCUT2D eigenvalue weighted by atomic mass is 9.94. The summed E-state index contributed by atoms with van der Waals surface area (Å²) in [6.07, 6.45) is 2.06. The van der Waals surface area contributed by atoms with Crippen LogP contribution in [0.3, 0.4) is 0 Å². The van der Waals surface area contributed by atoms with Crippen LogP contribution >= 0.6 is 0 Å². The van der Waals surface area contributed by atoms with Gasteiger partial charge in [-0.15, -0.1) is 0 Å². The van der Waals surface area contributed by atoms with E-state index in [0.29, 0.717) is 29.1 Å². The number of β-amino-alcohol motifs (C(OH)–C–C–N with tert-alkyl or cyclic N) is 1. The predicted molar refractivity (Wildman–Crippen MR) is 122 cm³/mol. The number of hydrogen-bond donors (Lipinski definition) is 3. The molecule has 1 atom stereocenters. The van der Waals surface area contributed by atoms with Crippen molar-refractivity contribution < 1.29 is 19.7 Å². The van der Waals surface area contributed by atoms with Crippen LogP contribution in [0.4, 0.5) is 0 Å². The van der Waals surface area contributed by atoms with Gasteiger partial charge in [0, 0.05) is 17.7 Å². The number of aromatic amines is 1. The molecule has 2 aromatic carbocycles. The molecule has 32 heavy (non-hydrogen) atoms. The average Bonchev–Trinajstić information content (AvgIpc) is 3.31. The van der Waals surface area contributed by atoms with Crippen molar-refractivity contribution in [2.24, 2.45) is 0 Å². The number of rotatable bonds is 8. The lowest BCUT2D eigenvalue weighted by molar-refractivity contribution is 0.0706. The zero-order valence-electron chi connectivity index (χ0n) is 18.7. The van der Waals surface area contributed by atoms with Gasteiger partial charge in [0.05, 0.1) is 19.3 Å². The van der Waals surface area contributed by atoms with Gasteiger partial charge in [0.1, 0.15) is 22.9 Å². The van der Waals surface area contributed by atoms with E-state index >= 15 is 0 Å². The second-order valence-corrected chi connectivity index (χ2v) is 8.23. The summed E-state index contributed by atoms with van der Waals surface area (Å²) in [5.74, 6) is 0.709. The Morgan fingerprint density at radius 2 is 1.94 bits per heavy atom. The summed E-state index contributed by atoms with van der Waals surface area (Å²) in [6.45, 7) is 6.63. The number of aliphatic hydroxyl groups is 1. The number of nitrogens with zero attached hydrogens (tertiary/aromatic N) is 2. The van der Waals surface area contributed by atoms with Crippen LogP contribution in [0.5, 0.6) is 11.5 Å². The number of amides is 1. The number of H-pyrrole nitrogens is 1. The Morgan fingerprint density at radius 1 is 1.19 bits per heavy atom. The number of aryl methyl sites for hydroxylation is 2. The summed E-state index contributed by atoms with van der Waals surface area (Å²) >= 11 is 0. The van der Waals surface area contributed by atoms with Crippen LogP contribution in [0.15, 0.2) is 36.4 Å². The molecule has 4 rings (SSSR count). The van der Waals surface area contributed by atoms with Crippen LogP contribution in [0.1, 0.15) is 58.5 Å². The number of aromatic hydroxyl groups is 1. The van der Waals surface area contributed by atoms with Crippen molar-refractivity contribution >= 4 is 5.91 Å². The number of phenols is 1. The molecule has 3 aromatic rings. The number of aromatic nitrogens is 2. The average molecular weight is 436 g/mol. The van der Waals surface area contributed by atoms with Gasteiger partial charge in [-0.2, -0.15) is 5.10 Å². The van der Waals surface area contributed by atoms with E-state index in [-0.39, 0.29) is 24.8 Å². The fourth-order valence-corrected chi connectivity index (χ4v) is 4.31. The molecule has 7 heteroatoms. The molecule has 0 fully saturated rings. The molecule has 1 aliphatic rings. The summed E-state index contributed by atoms with van der Waals surface area (Å²) in [5, 5.41) is 27.7. The Morgan fingerprint density at radius 3 is 2.62 bits per heavy atom. The van der Waals surface area contributed by atoms with Crippen molar-refractivity contribution in [3.8, 4) is 22.8 Å². The molecule has 0 spiro atoms. The fourth-order valence-electron chi connectivity index (χ4n) is 4.31. The maximum Gasteiger partial charge on any atom is 0.273 e. The third-order valence-electron chi connectivity index (χ3n) is 5.87. The molecule has 0 bridgehead atoms. The van der Waals surface area contributed by atoms with Gasteiger partial charge in [-0.05, 0) is 55.2 Å². The maximum atomic E-state index is 13.1. The molecular formula is C25H29N3O4. The first-order valence-corrected chi connectivity index (χ1v) is 11.0. The Kier molecular flexibility index (Phi) is 6.19. The number of benzene rings is 2. The van der Waals surface area contributed by atoms with Gasteiger partial charge in [-0.1, -0.05) is 31.5 Å². The number of ether oxygens (including phenoxy) is 1. The zero-order valence-corrected chi connectivity index (χ0v) is 18.7. The molecule has 1 unspecified atom stereocenters. The van der Waals surface area contributed by atoms with Crippen LogP contribution in [0, 0.1) is 13.8 Å². The molecule has 1 aromatic heterocycles. The lowest BCUT2D eigenvalue weighted by Crippen LogP contribution is -2.32. The van der Waals surface area contributed by atoms with Crippen LogP contribution in [0.25, 0.3) is 11.3 Å². The smallest absolute Gasteiger partial charge is 0.273 e. The van der Waals surface area contributed by atoms with Gasteiger partial charge in [0.15, 0.2) is 0 Å². The van der Waals surface area contributed by atoms with Crippen LogP contribution in [-0.4, -0.2) is 51.0 Å². The minimum Gasteiger partial charge on any atom is -0.507 e. The first-order valence-electron chi connectivity index (χ1n) is 11.0. The monoisotopic (exact) mass is 435 g/mol. The highest BCUT2D eigenvalue weighted by Gasteiger charge is 2.42. The fraction of sp³-hybridized carbons (Fsp3) is 0.360. The largest absolute Gasteiger partial charge is 0.507 e. The number of unbranched alkanes of at least 4 members (excludes halogenated alkanes) is 1. The number of fused-ring (bicyclic) bond motifs is 1. The van der Waals surface area contributed by atoms with Crippen LogP contribution < -0.4 is 4.74 Å². The number of hydrogen-bond acceptors (Lipinski definition) is 5. The minimum atomic E-state index is -0.427. The van der Waals surface area contributed by atoms with Gasteiger partial charge in [0.25, 0.3) is 5.91 Å². The Labute approximate surface area is 187 Å². The topological polar surface area (TPSA) is 98.7 Å². The third kappa shape index (κ3) is 3.84. The van der Waals surface area contributed by atoms with E-state index in [9.17, 15) is 15.0 Å². The summed E-state index contributed by atoms with van der Waals surface area (Å²) in [5.41, 5.74) is 4.87. The van der Waals surface area contributed by atoms with Crippen molar-refractivity contribution in [1.29, 1.82) is 0 Å². The zero-order chi connectivity index (χ0) is 22.8. The highest BCUT2D eigenvalue weighted by Crippen LogP contribution is 2.45. The minimum absolute atomic E-state index is 0.149. The van der Waals surface area contributed by atoms with Gasteiger partial charge in [0.2, 0.25) is 0 Å². The van der Waals surface area contributed by atoms with E-state index in [2.05, 4.69) is 17.1 Å². The SMILES string of the molecule is CCCCOc1ccc(C2c3c(-c4cc(C)cc(C)c4O)n[nH]c3C(=O)N2CCO)cc1. The molecule has 0 radical (unpaired) electrons. The molecule has 3 N–H and O–H groups in total. The highest BCUT2D eigenvalue weighted by atomic mass is 16.5. The normalized spacial score (nSPS) is 15.3. The first-order chi connectivity index (χ1) is 15.5. The molecule has 0 saturated heterocycles. The summed E-state index contributed by atoms with van der Waals surface area (Å²) in [7, 11) is 0.